The SMILES string of the molecule is O=C1C=C(c2c(C3=CCc4ccccc4S3)[nH]c3ccccc23)CN1. The second-order valence-electron chi connectivity index (χ2n) is 6.29. The van der Waals surface area contributed by atoms with Crippen LogP contribution in [0, 0.1) is 0 Å². The molecule has 3 nitrogen and oxygen atoms in total. The highest BCUT2D eigenvalue weighted by molar-refractivity contribution is 8.08. The molecule has 25 heavy (non-hydrogen) atoms. The van der Waals surface area contributed by atoms with Crippen molar-refractivity contribution in [3.8, 4) is 0 Å². The summed E-state index contributed by atoms with van der Waals surface area (Å²) in [5.74, 6) is -0.0122. The Morgan fingerprint density at radius 3 is 2.72 bits per heavy atom. The number of carbonyl (C=O) groups is 1. The molecule has 122 valence electrons. The van der Waals surface area contributed by atoms with Gasteiger partial charge in [0.15, 0.2) is 0 Å². The minimum absolute atomic E-state index is 0.0122. The van der Waals surface area contributed by atoms with Crippen LogP contribution in [0.3, 0.4) is 0 Å². The predicted octanol–water partition coefficient (Wildman–Crippen LogP) is 4.37. The molecule has 1 amide bonds. The number of thioether (sulfide) groups is 1. The highest BCUT2D eigenvalue weighted by Crippen LogP contribution is 2.44. The highest BCUT2D eigenvalue weighted by atomic mass is 32.2. The zero-order chi connectivity index (χ0) is 16.8. The number of hydrogen-bond donors (Lipinski definition) is 2. The van der Waals surface area contributed by atoms with Gasteiger partial charge in [-0.05, 0) is 29.7 Å². The Morgan fingerprint density at radius 1 is 1.00 bits per heavy atom. The van der Waals surface area contributed by atoms with Crippen LogP contribution in [0.2, 0.25) is 0 Å². The van der Waals surface area contributed by atoms with E-state index in [0.717, 1.165) is 28.8 Å². The number of allylic oxidation sites excluding steroid dienone is 1. The molecule has 0 saturated heterocycles. The van der Waals surface area contributed by atoms with Crippen molar-refractivity contribution in [3.63, 3.8) is 0 Å². The van der Waals surface area contributed by atoms with Gasteiger partial charge in [-0.2, -0.15) is 0 Å². The summed E-state index contributed by atoms with van der Waals surface area (Å²) in [6.45, 7) is 0.586. The summed E-state index contributed by atoms with van der Waals surface area (Å²) in [5.41, 5.74) is 5.78. The lowest BCUT2D eigenvalue weighted by Gasteiger charge is -2.17. The molecule has 0 atom stereocenters. The Kier molecular flexibility index (Phi) is 3.31. The average molecular weight is 344 g/mol. The fourth-order valence-electron chi connectivity index (χ4n) is 3.55. The molecule has 0 radical (unpaired) electrons. The lowest BCUT2D eigenvalue weighted by Crippen LogP contribution is -2.14. The van der Waals surface area contributed by atoms with E-state index in [1.54, 1.807) is 17.8 Å². The minimum Gasteiger partial charge on any atom is -0.354 e. The van der Waals surface area contributed by atoms with Crippen LogP contribution in [0.25, 0.3) is 21.4 Å². The van der Waals surface area contributed by atoms with E-state index in [9.17, 15) is 4.79 Å². The summed E-state index contributed by atoms with van der Waals surface area (Å²) in [6.07, 6.45) is 4.94. The van der Waals surface area contributed by atoms with E-state index in [2.05, 4.69) is 52.8 Å². The molecule has 2 aliphatic heterocycles. The topological polar surface area (TPSA) is 44.9 Å². The smallest absolute Gasteiger partial charge is 0.244 e. The fraction of sp³-hybridized carbons (Fsp3) is 0.0952. The molecule has 3 aromatic rings. The molecule has 0 unspecified atom stereocenters. The van der Waals surface area contributed by atoms with Gasteiger partial charge in [-0.1, -0.05) is 54.2 Å². The number of benzene rings is 2. The molecular weight excluding hydrogens is 328 g/mol. The van der Waals surface area contributed by atoms with Gasteiger partial charge in [0.05, 0.1) is 5.69 Å². The Bertz CT molecular complexity index is 1070. The number of aromatic nitrogens is 1. The van der Waals surface area contributed by atoms with E-state index >= 15 is 0 Å². The van der Waals surface area contributed by atoms with Gasteiger partial charge in [-0.3, -0.25) is 4.79 Å². The summed E-state index contributed by atoms with van der Waals surface area (Å²) in [5, 5.41) is 4.06. The number of fused-ring (bicyclic) bond motifs is 2. The standard InChI is InChI=1S/C21H16N2OS/c24-19-11-14(12-22-19)20-15-6-2-3-7-16(15)23-21(20)18-10-9-13-5-1-4-8-17(13)25-18/h1-8,10-11,23H,9,12H2,(H,22,24). The van der Waals surface area contributed by atoms with Gasteiger partial charge >= 0.3 is 0 Å². The van der Waals surface area contributed by atoms with Crippen LogP contribution in [0.1, 0.15) is 16.8 Å². The normalized spacial score (nSPS) is 16.4. The summed E-state index contributed by atoms with van der Waals surface area (Å²) in [6, 6.07) is 16.8. The molecule has 0 spiro atoms. The Balaban J connectivity index is 1.68. The lowest BCUT2D eigenvalue weighted by atomic mass is 10.0. The van der Waals surface area contributed by atoms with Crippen molar-refractivity contribution in [1.29, 1.82) is 0 Å². The lowest BCUT2D eigenvalue weighted by molar-refractivity contribution is -0.115. The number of H-pyrrole nitrogens is 1. The molecule has 2 aliphatic rings. The molecule has 1 aromatic heterocycles. The third-order valence-electron chi connectivity index (χ3n) is 4.73. The third kappa shape index (κ3) is 2.41. The van der Waals surface area contributed by atoms with Gasteiger partial charge in [0, 0.05) is 38.9 Å². The van der Waals surface area contributed by atoms with Gasteiger partial charge in [0.1, 0.15) is 0 Å². The molecule has 3 heterocycles. The summed E-state index contributed by atoms with van der Waals surface area (Å²) in [7, 11) is 0. The second-order valence-corrected chi connectivity index (χ2v) is 7.37. The molecule has 2 N–H and O–H groups in total. The van der Waals surface area contributed by atoms with Crippen LogP contribution in [0.5, 0.6) is 0 Å². The number of carbonyl (C=O) groups excluding carboxylic acids is 1. The van der Waals surface area contributed by atoms with Gasteiger partial charge in [-0.25, -0.2) is 0 Å². The van der Waals surface area contributed by atoms with Crippen molar-refractivity contribution >= 4 is 39.1 Å². The van der Waals surface area contributed by atoms with Crippen molar-refractivity contribution in [2.45, 2.75) is 11.3 Å². The minimum atomic E-state index is -0.0122. The first kappa shape index (κ1) is 14.6. The predicted molar refractivity (Wildman–Crippen MR) is 103 cm³/mol. The van der Waals surface area contributed by atoms with Crippen LogP contribution >= 0.6 is 11.8 Å². The van der Waals surface area contributed by atoms with Gasteiger partial charge in [0.2, 0.25) is 5.91 Å². The van der Waals surface area contributed by atoms with E-state index in [4.69, 9.17) is 0 Å². The maximum atomic E-state index is 11.7. The number of amides is 1. The number of para-hydroxylation sites is 1. The first-order valence-corrected chi connectivity index (χ1v) is 9.17. The van der Waals surface area contributed by atoms with Crippen molar-refractivity contribution in [2.24, 2.45) is 0 Å². The number of rotatable bonds is 2. The van der Waals surface area contributed by atoms with Gasteiger partial charge in [0.25, 0.3) is 0 Å². The van der Waals surface area contributed by atoms with Crippen LogP contribution in [0.4, 0.5) is 0 Å². The largest absolute Gasteiger partial charge is 0.354 e. The Hall–Kier alpha value is -2.72. The quantitative estimate of drug-likeness (QED) is 0.725. The zero-order valence-corrected chi connectivity index (χ0v) is 14.3. The summed E-state index contributed by atoms with van der Waals surface area (Å²) >= 11 is 1.80. The zero-order valence-electron chi connectivity index (χ0n) is 13.5. The molecule has 4 heteroatoms. The van der Waals surface area contributed by atoms with E-state index in [1.165, 1.54) is 20.8 Å². The molecule has 0 saturated carbocycles. The first-order chi connectivity index (χ1) is 12.3. The van der Waals surface area contributed by atoms with Crippen LogP contribution in [0.15, 0.2) is 65.6 Å². The van der Waals surface area contributed by atoms with Crippen LogP contribution in [-0.4, -0.2) is 17.4 Å². The number of hydrogen-bond acceptors (Lipinski definition) is 2. The van der Waals surface area contributed by atoms with Crippen molar-refractivity contribution in [2.75, 3.05) is 6.54 Å². The average Bonchev–Trinajstić information content (AvgIpc) is 3.24. The number of nitrogens with one attached hydrogen (secondary N) is 2. The van der Waals surface area contributed by atoms with Crippen molar-refractivity contribution in [1.82, 2.24) is 10.3 Å². The van der Waals surface area contributed by atoms with Gasteiger partial charge in [-0.15, -0.1) is 0 Å². The molecule has 2 aromatic carbocycles. The van der Waals surface area contributed by atoms with Crippen molar-refractivity contribution < 1.29 is 4.79 Å². The van der Waals surface area contributed by atoms with Crippen LogP contribution < -0.4 is 5.32 Å². The van der Waals surface area contributed by atoms with Crippen LogP contribution in [-0.2, 0) is 11.2 Å². The fourth-order valence-corrected chi connectivity index (χ4v) is 4.64. The van der Waals surface area contributed by atoms with E-state index in [1.807, 2.05) is 12.1 Å². The Labute approximate surface area is 149 Å². The molecule has 5 rings (SSSR count). The highest BCUT2D eigenvalue weighted by Gasteiger charge is 2.24. The first-order valence-electron chi connectivity index (χ1n) is 8.35. The van der Waals surface area contributed by atoms with Gasteiger partial charge < -0.3 is 10.3 Å². The second kappa shape index (κ2) is 5.67. The molecule has 0 bridgehead atoms. The van der Waals surface area contributed by atoms with E-state index in [-0.39, 0.29) is 5.91 Å². The maximum Gasteiger partial charge on any atom is 0.244 e. The Morgan fingerprint density at radius 2 is 1.84 bits per heavy atom. The molecule has 0 fully saturated rings. The van der Waals surface area contributed by atoms with Crippen molar-refractivity contribution in [3.05, 3.63) is 77.5 Å². The third-order valence-corrected chi connectivity index (χ3v) is 5.94. The summed E-state index contributed by atoms with van der Waals surface area (Å²) in [4.78, 5) is 17.8. The maximum absolute atomic E-state index is 11.7. The molecule has 0 aliphatic carbocycles. The molecular formula is C21H16N2OS. The monoisotopic (exact) mass is 344 g/mol. The van der Waals surface area contributed by atoms with E-state index in [0.29, 0.717) is 6.54 Å². The summed E-state index contributed by atoms with van der Waals surface area (Å²) < 4.78 is 0. The number of aromatic amines is 1. The van der Waals surface area contributed by atoms with E-state index < -0.39 is 0 Å².